The molecule has 0 saturated carbocycles. The van der Waals surface area contributed by atoms with E-state index in [-0.39, 0.29) is 18.4 Å². The van der Waals surface area contributed by atoms with Crippen molar-refractivity contribution in [3.05, 3.63) is 24.3 Å². The molecule has 0 heterocycles. The molecule has 0 saturated heterocycles. The van der Waals surface area contributed by atoms with Crippen molar-refractivity contribution in [3.63, 3.8) is 0 Å². The van der Waals surface area contributed by atoms with Crippen molar-refractivity contribution in [1.29, 1.82) is 0 Å². The number of amides is 1. The minimum atomic E-state index is -0.574. The smallest absolute Gasteiger partial charge is 0.343 e. The molecular formula is C14H20N2O4. The molecule has 0 fully saturated rings. The van der Waals surface area contributed by atoms with Crippen LogP contribution in [0.4, 0.5) is 5.69 Å². The van der Waals surface area contributed by atoms with Crippen LogP contribution in [0.2, 0.25) is 0 Å². The Balaban J connectivity index is 2.64. The van der Waals surface area contributed by atoms with Crippen LogP contribution in [0.3, 0.4) is 0 Å². The molecule has 0 spiro atoms. The maximum Gasteiger partial charge on any atom is 0.343 e. The van der Waals surface area contributed by atoms with Crippen LogP contribution in [-0.2, 0) is 14.3 Å². The van der Waals surface area contributed by atoms with Gasteiger partial charge in [0.25, 0.3) is 0 Å². The van der Waals surface area contributed by atoms with Crippen molar-refractivity contribution < 1.29 is 19.1 Å². The Morgan fingerprint density at radius 3 is 2.65 bits per heavy atom. The molecule has 1 aromatic rings. The summed E-state index contributed by atoms with van der Waals surface area (Å²) >= 11 is 0. The van der Waals surface area contributed by atoms with E-state index in [4.69, 9.17) is 10.5 Å². The second kappa shape index (κ2) is 7.49. The molecule has 20 heavy (non-hydrogen) atoms. The maximum atomic E-state index is 11.8. The van der Waals surface area contributed by atoms with Gasteiger partial charge < -0.3 is 20.5 Å². The summed E-state index contributed by atoms with van der Waals surface area (Å²) < 4.78 is 9.71. The van der Waals surface area contributed by atoms with Crippen LogP contribution >= 0.6 is 0 Å². The van der Waals surface area contributed by atoms with Crippen molar-refractivity contribution >= 4 is 17.6 Å². The zero-order valence-corrected chi connectivity index (χ0v) is 11.9. The zero-order chi connectivity index (χ0) is 15.1. The molecule has 0 aliphatic rings. The molecule has 1 rings (SSSR count). The number of hydrogen-bond donors (Lipinski definition) is 2. The van der Waals surface area contributed by atoms with E-state index in [1.165, 1.54) is 7.11 Å². The normalized spacial score (nSPS) is 11.8. The first-order valence-corrected chi connectivity index (χ1v) is 6.30. The summed E-state index contributed by atoms with van der Waals surface area (Å²) in [6.07, 6.45) is 0. The van der Waals surface area contributed by atoms with Crippen LogP contribution in [0.5, 0.6) is 5.75 Å². The van der Waals surface area contributed by atoms with E-state index in [0.717, 1.165) is 0 Å². The van der Waals surface area contributed by atoms with E-state index >= 15 is 0 Å². The number of benzene rings is 1. The second-order valence-corrected chi connectivity index (χ2v) is 4.65. The lowest BCUT2D eigenvalue weighted by molar-refractivity contribution is -0.142. The van der Waals surface area contributed by atoms with Crippen molar-refractivity contribution in [3.8, 4) is 5.75 Å². The van der Waals surface area contributed by atoms with E-state index < -0.39 is 12.0 Å². The maximum absolute atomic E-state index is 11.8. The van der Waals surface area contributed by atoms with Crippen molar-refractivity contribution in [2.45, 2.75) is 19.9 Å². The summed E-state index contributed by atoms with van der Waals surface area (Å²) in [6, 6.07) is 6.16. The highest BCUT2D eigenvalue weighted by Gasteiger charge is 2.17. The Morgan fingerprint density at radius 1 is 1.35 bits per heavy atom. The minimum absolute atomic E-state index is 0.0498. The second-order valence-electron chi connectivity index (χ2n) is 4.65. The van der Waals surface area contributed by atoms with Crippen LogP contribution in [0.25, 0.3) is 0 Å². The molecule has 0 aliphatic carbocycles. The summed E-state index contributed by atoms with van der Waals surface area (Å²) in [6.45, 7) is 3.57. The number of nitrogens with one attached hydrogen (secondary N) is 1. The standard InChI is InChI=1S/C14H20N2O4/c1-9(2)13(15)14(18)16-10-5-4-6-11(7-10)20-8-12(17)19-3/h4-7,9,13H,8,15H2,1-3H3,(H,16,18)/t13-/m0/s1. The average molecular weight is 280 g/mol. The largest absolute Gasteiger partial charge is 0.482 e. The van der Waals surface area contributed by atoms with Gasteiger partial charge in [-0.3, -0.25) is 4.79 Å². The molecule has 110 valence electrons. The van der Waals surface area contributed by atoms with Crippen LogP contribution in [0.1, 0.15) is 13.8 Å². The fraction of sp³-hybridized carbons (Fsp3) is 0.429. The van der Waals surface area contributed by atoms with E-state index in [2.05, 4.69) is 10.1 Å². The number of methoxy groups -OCH3 is 1. The van der Waals surface area contributed by atoms with Crippen LogP contribution in [0, 0.1) is 5.92 Å². The molecule has 0 bridgehead atoms. The van der Waals surface area contributed by atoms with Gasteiger partial charge in [-0.1, -0.05) is 19.9 Å². The third-order valence-electron chi connectivity index (χ3n) is 2.71. The Kier molecular flexibility index (Phi) is 5.99. The highest BCUT2D eigenvalue weighted by Crippen LogP contribution is 2.17. The van der Waals surface area contributed by atoms with Gasteiger partial charge in [0.2, 0.25) is 5.91 Å². The van der Waals surface area contributed by atoms with Gasteiger partial charge in [0.1, 0.15) is 5.75 Å². The Hall–Kier alpha value is -2.08. The summed E-state index contributed by atoms with van der Waals surface area (Å²) in [4.78, 5) is 22.8. The van der Waals surface area contributed by atoms with E-state index in [9.17, 15) is 9.59 Å². The lowest BCUT2D eigenvalue weighted by atomic mass is 10.0. The predicted molar refractivity (Wildman–Crippen MR) is 75.4 cm³/mol. The summed E-state index contributed by atoms with van der Waals surface area (Å²) in [5.41, 5.74) is 6.32. The minimum Gasteiger partial charge on any atom is -0.482 e. The number of anilines is 1. The van der Waals surface area contributed by atoms with Gasteiger partial charge in [-0.2, -0.15) is 0 Å². The monoisotopic (exact) mass is 280 g/mol. The molecule has 6 nitrogen and oxygen atoms in total. The third kappa shape index (κ3) is 4.89. The van der Waals surface area contributed by atoms with Crippen LogP contribution in [-0.4, -0.2) is 31.6 Å². The first kappa shape index (κ1) is 16.0. The van der Waals surface area contributed by atoms with Gasteiger partial charge in [-0.15, -0.1) is 0 Å². The molecule has 6 heteroatoms. The summed E-state index contributed by atoms with van der Waals surface area (Å²) in [5.74, 6) is -0.216. The average Bonchev–Trinajstić information content (AvgIpc) is 2.44. The van der Waals surface area contributed by atoms with Crippen LogP contribution < -0.4 is 15.8 Å². The lowest BCUT2D eigenvalue weighted by Gasteiger charge is -2.15. The highest BCUT2D eigenvalue weighted by molar-refractivity contribution is 5.95. The SMILES string of the molecule is COC(=O)COc1cccc(NC(=O)[C@@H](N)C(C)C)c1. The number of carbonyl (C=O) groups excluding carboxylic acids is 2. The number of esters is 1. The molecule has 1 atom stereocenters. The topological polar surface area (TPSA) is 90.6 Å². The molecule has 0 aliphatic heterocycles. The van der Waals surface area contributed by atoms with Gasteiger partial charge in [0.05, 0.1) is 13.2 Å². The van der Waals surface area contributed by atoms with Gasteiger partial charge in [0.15, 0.2) is 6.61 Å². The Labute approximate surface area is 118 Å². The molecule has 0 aromatic heterocycles. The quantitative estimate of drug-likeness (QED) is 0.763. The van der Waals surface area contributed by atoms with E-state index in [1.54, 1.807) is 24.3 Å². The Morgan fingerprint density at radius 2 is 2.05 bits per heavy atom. The fourth-order valence-corrected chi connectivity index (χ4v) is 1.39. The van der Waals surface area contributed by atoms with E-state index in [1.807, 2.05) is 13.8 Å². The van der Waals surface area contributed by atoms with Gasteiger partial charge in [-0.05, 0) is 18.1 Å². The van der Waals surface area contributed by atoms with Crippen molar-refractivity contribution in [2.75, 3.05) is 19.0 Å². The number of nitrogens with two attached hydrogens (primary N) is 1. The number of hydrogen-bond acceptors (Lipinski definition) is 5. The third-order valence-corrected chi connectivity index (χ3v) is 2.71. The molecule has 0 unspecified atom stereocenters. The first-order valence-electron chi connectivity index (χ1n) is 6.30. The zero-order valence-electron chi connectivity index (χ0n) is 11.9. The van der Waals surface area contributed by atoms with Crippen molar-refractivity contribution in [1.82, 2.24) is 0 Å². The fourth-order valence-electron chi connectivity index (χ4n) is 1.39. The number of ether oxygens (including phenoxy) is 2. The summed E-state index contributed by atoms with van der Waals surface area (Å²) in [7, 11) is 1.29. The lowest BCUT2D eigenvalue weighted by Crippen LogP contribution is -2.39. The summed E-state index contributed by atoms with van der Waals surface area (Å²) in [5, 5.41) is 2.70. The van der Waals surface area contributed by atoms with Gasteiger partial charge >= 0.3 is 5.97 Å². The number of rotatable bonds is 6. The van der Waals surface area contributed by atoms with Gasteiger partial charge in [0, 0.05) is 11.8 Å². The molecule has 1 amide bonds. The van der Waals surface area contributed by atoms with Crippen LogP contribution in [0.15, 0.2) is 24.3 Å². The first-order chi connectivity index (χ1) is 9.43. The van der Waals surface area contributed by atoms with Crippen molar-refractivity contribution in [2.24, 2.45) is 11.7 Å². The molecular weight excluding hydrogens is 260 g/mol. The predicted octanol–water partition coefficient (Wildman–Crippen LogP) is 1.16. The van der Waals surface area contributed by atoms with E-state index in [0.29, 0.717) is 11.4 Å². The number of carbonyl (C=O) groups is 2. The Bertz CT molecular complexity index is 474. The molecule has 0 radical (unpaired) electrons. The molecule has 1 aromatic carbocycles. The molecule has 3 N–H and O–H groups in total. The highest BCUT2D eigenvalue weighted by atomic mass is 16.6. The van der Waals surface area contributed by atoms with Gasteiger partial charge in [-0.25, -0.2) is 4.79 Å².